The van der Waals surface area contributed by atoms with Crippen LogP contribution in [-0.2, 0) is 16.1 Å². The molecule has 0 radical (unpaired) electrons. The van der Waals surface area contributed by atoms with Gasteiger partial charge >= 0.3 is 0 Å². The lowest BCUT2D eigenvalue weighted by Crippen LogP contribution is -2.53. The summed E-state index contributed by atoms with van der Waals surface area (Å²) in [6.07, 6.45) is -0.530. The molecule has 0 bridgehead atoms. The minimum absolute atomic E-state index is 0.194. The second-order valence-electron chi connectivity index (χ2n) is 7.64. The third-order valence-electron chi connectivity index (χ3n) is 4.26. The van der Waals surface area contributed by atoms with Gasteiger partial charge in [0, 0.05) is 43.2 Å². The Morgan fingerprint density at radius 1 is 1.20 bits per heavy atom. The van der Waals surface area contributed by atoms with Crippen molar-refractivity contribution in [3.8, 4) is 0 Å². The van der Waals surface area contributed by atoms with Crippen LogP contribution in [0.2, 0.25) is 5.02 Å². The van der Waals surface area contributed by atoms with E-state index in [9.17, 15) is 9.90 Å². The number of amides is 1. The highest BCUT2D eigenvalue weighted by atomic mass is 35.5. The summed E-state index contributed by atoms with van der Waals surface area (Å²) in [6, 6.07) is 7.49. The van der Waals surface area contributed by atoms with Crippen LogP contribution in [0.15, 0.2) is 24.3 Å². The van der Waals surface area contributed by atoms with Gasteiger partial charge in [-0.25, -0.2) is 0 Å². The van der Waals surface area contributed by atoms with Gasteiger partial charge < -0.3 is 14.7 Å². The van der Waals surface area contributed by atoms with Gasteiger partial charge in [-0.05, 0) is 17.7 Å². The highest BCUT2D eigenvalue weighted by Crippen LogP contribution is 2.18. The first kappa shape index (κ1) is 20.2. The van der Waals surface area contributed by atoms with Gasteiger partial charge in [-0.1, -0.05) is 44.5 Å². The van der Waals surface area contributed by atoms with E-state index < -0.39 is 6.10 Å². The number of carbonyl (C=O) groups excluding carboxylic acids is 1. The van der Waals surface area contributed by atoms with Gasteiger partial charge in [-0.2, -0.15) is 0 Å². The van der Waals surface area contributed by atoms with Crippen molar-refractivity contribution in [2.24, 2.45) is 5.41 Å². The van der Waals surface area contributed by atoms with E-state index in [1.807, 2.05) is 49.9 Å². The molecule has 6 heteroatoms. The minimum Gasteiger partial charge on any atom is -0.389 e. The summed E-state index contributed by atoms with van der Waals surface area (Å²) in [5, 5.41) is 10.9. The average Bonchev–Trinajstić information content (AvgIpc) is 2.56. The Hall–Kier alpha value is -1.14. The molecule has 1 aliphatic rings. The number of β-amino-alcohol motifs (C(OH)–C–C–N with tert-alkyl or cyclic N) is 1. The van der Waals surface area contributed by atoms with Gasteiger partial charge in [0.05, 0.1) is 19.3 Å². The molecule has 1 heterocycles. The van der Waals surface area contributed by atoms with E-state index >= 15 is 0 Å². The van der Waals surface area contributed by atoms with E-state index in [0.717, 1.165) is 18.7 Å². The Bertz CT molecular complexity index is 549. The predicted octanol–water partition coefficient (Wildman–Crippen LogP) is 2.41. The molecule has 0 spiro atoms. The number of benzene rings is 1. The molecule has 1 aromatic carbocycles. The Morgan fingerprint density at radius 3 is 2.36 bits per heavy atom. The summed E-state index contributed by atoms with van der Waals surface area (Å²) in [5.74, 6) is 0.194. The zero-order valence-electron chi connectivity index (χ0n) is 15.4. The van der Waals surface area contributed by atoms with E-state index in [-0.39, 0.29) is 11.3 Å². The lowest BCUT2D eigenvalue weighted by molar-refractivity contribution is -0.141. The first-order chi connectivity index (χ1) is 11.8. The molecule has 1 aliphatic heterocycles. The fraction of sp³-hybridized carbons (Fsp3) is 0.632. The highest BCUT2D eigenvalue weighted by molar-refractivity contribution is 6.30. The Morgan fingerprint density at radius 2 is 1.80 bits per heavy atom. The van der Waals surface area contributed by atoms with Crippen molar-refractivity contribution in [3.05, 3.63) is 34.9 Å². The Kier molecular flexibility index (Phi) is 7.25. The number of hydrogen-bond donors (Lipinski definition) is 1. The van der Waals surface area contributed by atoms with Crippen molar-refractivity contribution < 1.29 is 14.6 Å². The largest absolute Gasteiger partial charge is 0.389 e. The molecule has 1 saturated heterocycles. The van der Waals surface area contributed by atoms with Gasteiger partial charge in [0.2, 0.25) is 5.91 Å². The minimum atomic E-state index is -0.530. The van der Waals surface area contributed by atoms with Crippen LogP contribution in [-0.4, -0.2) is 66.2 Å². The fourth-order valence-electron chi connectivity index (χ4n) is 2.85. The molecule has 1 N–H and O–H groups in total. The molecule has 2 rings (SSSR count). The number of nitrogens with zero attached hydrogens (tertiary/aromatic N) is 2. The summed E-state index contributed by atoms with van der Waals surface area (Å²) in [4.78, 5) is 16.4. The molecule has 1 unspecified atom stereocenters. The van der Waals surface area contributed by atoms with Crippen LogP contribution in [0.25, 0.3) is 0 Å². The number of aliphatic hydroxyl groups is 1. The van der Waals surface area contributed by atoms with Crippen LogP contribution < -0.4 is 0 Å². The maximum Gasteiger partial charge on any atom is 0.228 e. The summed E-state index contributed by atoms with van der Waals surface area (Å²) in [7, 11) is 0. The standard InChI is InChI=1S/C19H29ClN2O3/c1-19(2,3)18(24)22-10-8-21(9-11-22)12-17(23)14-25-13-15-4-6-16(20)7-5-15/h4-7,17,23H,8-14H2,1-3H3. The molecule has 1 amide bonds. The van der Waals surface area contributed by atoms with Crippen molar-refractivity contribution in [2.75, 3.05) is 39.3 Å². The Balaban J connectivity index is 1.65. The van der Waals surface area contributed by atoms with Crippen LogP contribution in [0, 0.1) is 5.41 Å². The SMILES string of the molecule is CC(C)(C)C(=O)N1CCN(CC(O)COCc2ccc(Cl)cc2)CC1. The molecule has 140 valence electrons. The van der Waals surface area contributed by atoms with Gasteiger partial charge in [-0.3, -0.25) is 9.69 Å². The number of halogens is 1. The van der Waals surface area contributed by atoms with E-state index in [1.54, 1.807) is 0 Å². The lowest BCUT2D eigenvalue weighted by Gasteiger charge is -2.38. The molecule has 25 heavy (non-hydrogen) atoms. The third kappa shape index (κ3) is 6.59. The van der Waals surface area contributed by atoms with Crippen molar-refractivity contribution >= 4 is 17.5 Å². The summed E-state index contributed by atoms with van der Waals surface area (Å²) >= 11 is 5.85. The van der Waals surface area contributed by atoms with Crippen LogP contribution >= 0.6 is 11.6 Å². The number of aliphatic hydroxyl groups excluding tert-OH is 1. The molecular formula is C19H29ClN2O3. The predicted molar refractivity (Wildman–Crippen MR) is 99.6 cm³/mol. The van der Waals surface area contributed by atoms with Crippen LogP contribution in [0.1, 0.15) is 26.3 Å². The molecule has 0 aromatic heterocycles. The molecule has 5 nitrogen and oxygen atoms in total. The van der Waals surface area contributed by atoms with Gasteiger partial charge in [-0.15, -0.1) is 0 Å². The smallest absolute Gasteiger partial charge is 0.228 e. The van der Waals surface area contributed by atoms with E-state index in [4.69, 9.17) is 16.3 Å². The number of piperazine rings is 1. The van der Waals surface area contributed by atoms with Crippen molar-refractivity contribution in [2.45, 2.75) is 33.5 Å². The molecular weight excluding hydrogens is 340 g/mol. The van der Waals surface area contributed by atoms with Crippen molar-refractivity contribution in [1.82, 2.24) is 9.80 Å². The molecule has 1 atom stereocenters. The first-order valence-electron chi connectivity index (χ1n) is 8.77. The van der Waals surface area contributed by atoms with Crippen LogP contribution in [0.3, 0.4) is 0 Å². The number of carbonyl (C=O) groups is 1. The van der Waals surface area contributed by atoms with Crippen LogP contribution in [0.4, 0.5) is 0 Å². The first-order valence-corrected chi connectivity index (χ1v) is 9.15. The summed E-state index contributed by atoms with van der Waals surface area (Å²) in [5.41, 5.74) is 0.697. The monoisotopic (exact) mass is 368 g/mol. The lowest BCUT2D eigenvalue weighted by atomic mass is 9.94. The maximum atomic E-state index is 12.3. The normalized spacial score (nSPS) is 17.6. The van der Waals surface area contributed by atoms with Gasteiger partial charge in [0.25, 0.3) is 0 Å². The molecule has 1 fully saturated rings. The van der Waals surface area contributed by atoms with Gasteiger partial charge in [0.15, 0.2) is 0 Å². The topological polar surface area (TPSA) is 53.0 Å². The molecule has 0 aliphatic carbocycles. The fourth-order valence-corrected chi connectivity index (χ4v) is 2.98. The van der Waals surface area contributed by atoms with Crippen molar-refractivity contribution in [3.63, 3.8) is 0 Å². The summed E-state index contributed by atoms with van der Waals surface area (Å²) in [6.45, 7) is 10.2. The van der Waals surface area contributed by atoms with E-state index in [2.05, 4.69) is 4.90 Å². The van der Waals surface area contributed by atoms with E-state index in [1.165, 1.54) is 0 Å². The average molecular weight is 369 g/mol. The molecule has 0 saturated carbocycles. The zero-order valence-corrected chi connectivity index (χ0v) is 16.1. The molecule has 1 aromatic rings. The van der Waals surface area contributed by atoms with Gasteiger partial charge in [0.1, 0.15) is 0 Å². The number of hydrogen-bond acceptors (Lipinski definition) is 4. The second kappa shape index (κ2) is 8.99. The highest BCUT2D eigenvalue weighted by Gasteiger charge is 2.29. The third-order valence-corrected chi connectivity index (χ3v) is 4.51. The quantitative estimate of drug-likeness (QED) is 0.837. The maximum absolute atomic E-state index is 12.3. The summed E-state index contributed by atoms with van der Waals surface area (Å²) < 4.78 is 5.58. The number of rotatable bonds is 6. The Labute approximate surface area is 155 Å². The zero-order chi connectivity index (χ0) is 18.4. The number of ether oxygens (including phenoxy) is 1. The second-order valence-corrected chi connectivity index (χ2v) is 8.07. The van der Waals surface area contributed by atoms with Crippen molar-refractivity contribution in [1.29, 1.82) is 0 Å². The van der Waals surface area contributed by atoms with E-state index in [0.29, 0.717) is 37.9 Å². The van der Waals surface area contributed by atoms with Crippen LogP contribution in [0.5, 0.6) is 0 Å².